The Kier molecular flexibility index (Phi) is 3.77. The van der Waals surface area contributed by atoms with Gasteiger partial charge in [-0.2, -0.15) is 0 Å². The normalized spacial score (nSPS) is 15.3. The lowest BCUT2D eigenvalue weighted by Gasteiger charge is -2.35. The summed E-state index contributed by atoms with van der Waals surface area (Å²) >= 11 is 0. The highest BCUT2D eigenvalue weighted by Crippen LogP contribution is 2.22. The van der Waals surface area contributed by atoms with Gasteiger partial charge in [-0.15, -0.1) is 0 Å². The number of amides is 1. The van der Waals surface area contributed by atoms with Crippen LogP contribution in [0, 0.1) is 10.1 Å². The molecule has 1 saturated heterocycles. The predicted octanol–water partition coefficient (Wildman–Crippen LogP) is 0.0973. The lowest BCUT2D eigenvalue weighted by atomic mass is 10.1. The summed E-state index contributed by atoms with van der Waals surface area (Å²) in [5, 5.41) is 14.2. The maximum Gasteiger partial charge on any atom is 0.274 e. The van der Waals surface area contributed by atoms with Gasteiger partial charge in [-0.25, -0.2) is 0 Å². The molecule has 0 unspecified atom stereocenters. The molecule has 0 atom stereocenters. The number of likely N-dealkylation sites (N-methyl/N-ethyl adjacent to an activating group) is 1. The zero-order chi connectivity index (χ0) is 14.0. The molecular formula is C12H16N4O3. The number of nitrogens with zero attached hydrogens (tertiary/aromatic N) is 2. The van der Waals surface area contributed by atoms with Crippen molar-refractivity contribution in [3.63, 3.8) is 0 Å². The molecule has 0 spiro atoms. The maximum absolute atomic E-state index is 11.1. The van der Waals surface area contributed by atoms with Gasteiger partial charge >= 0.3 is 0 Å². The molecule has 0 aliphatic carbocycles. The number of benzene rings is 1. The van der Waals surface area contributed by atoms with Crippen LogP contribution in [0.5, 0.6) is 0 Å². The number of nitro groups is 1. The molecule has 0 saturated carbocycles. The summed E-state index contributed by atoms with van der Waals surface area (Å²) in [5.41, 5.74) is 5.82. The third-order valence-electron chi connectivity index (χ3n) is 3.37. The number of hydrogen-bond acceptors (Lipinski definition) is 5. The Morgan fingerprint density at radius 3 is 2.74 bits per heavy atom. The van der Waals surface area contributed by atoms with E-state index in [4.69, 9.17) is 5.73 Å². The molecule has 1 aromatic rings. The third-order valence-corrected chi connectivity index (χ3v) is 3.37. The van der Waals surface area contributed by atoms with Crippen molar-refractivity contribution >= 4 is 11.6 Å². The first-order valence-corrected chi connectivity index (χ1v) is 5.97. The van der Waals surface area contributed by atoms with Crippen LogP contribution in [0.15, 0.2) is 18.2 Å². The topological polar surface area (TPSA) is 102 Å². The molecule has 1 fully saturated rings. The van der Waals surface area contributed by atoms with Crippen LogP contribution < -0.4 is 11.1 Å². The first kappa shape index (κ1) is 13.4. The van der Waals surface area contributed by atoms with Gasteiger partial charge < -0.3 is 11.1 Å². The van der Waals surface area contributed by atoms with Crippen LogP contribution in [-0.4, -0.2) is 41.9 Å². The van der Waals surface area contributed by atoms with E-state index in [1.165, 1.54) is 12.1 Å². The molecule has 102 valence electrons. The maximum atomic E-state index is 11.1. The van der Waals surface area contributed by atoms with Crippen molar-refractivity contribution < 1.29 is 9.72 Å². The van der Waals surface area contributed by atoms with Crippen LogP contribution in [0.25, 0.3) is 0 Å². The SMILES string of the molecule is CN(Cc1ccc(C(N)=O)cc1[N+](=O)[O-])C1CNC1. The summed E-state index contributed by atoms with van der Waals surface area (Å²) in [6, 6.07) is 4.76. The van der Waals surface area contributed by atoms with Crippen molar-refractivity contribution in [1.29, 1.82) is 0 Å². The molecule has 19 heavy (non-hydrogen) atoms. The third kappa shape index (κ3) is 2.88. The number of carbonyl (C=O) groups is 1. The molecule has 1 amide bonds. The number of nitrogens with two attached hydrogens (primary N) is 1. The van der Waals surface area contributed by atoms with Crippen LogP contribution in [0.3, 0.4) is 0 Å². The lowest BCUT2D eigenvalue weighted by molar-refractivity contribution is -0.385. The Morgan fingerprint density at radius 2 is 2.26 bits per heavy atom. The molecule has 1 aliphatic rings. The van der Waals surface area contributed by atoms with Gasteiger partial charge in [0.2, 0.25) is 5.91 Å². The van der Waals surface area contributed by atoms with Crippen molar-refractivity contribution in [3.05, 3.63) is 39.4 Å². The minimum absolute atomic E-state index is 0.0598. The van der Waals surface area contributed by atoms with Gasteiger partial charge in [-0.1, -0.05) is 6.07 Å². The first-order valence-electron chi connectivity index (χ1n) is 5.97. The van der Waals surface area contributed by atoms with E-state index < -0.39 is 10.8 Å². The van der Waals surface area contributed by atoms with E-state index in [2.05, 4.69) is 10.2 Å². The molecule has 7 heteroatoms. The Hall–Kier alpha value is -1.99. The molecule has 0 radical (unpaired) electrons. The number of nitrogens with one attached hydrogen (secondary N) is 1. The van der Waals surface area contributed by atoms with E-state index in [0.717, 1.165) is 13.1 Å². The molecular weight excluding hydrogens is 248 g/mol. The van der Waals surface area contributed by atoms with Gasteiger partial charge in [0.05, 0.1) is 4.92 Å². The van der Waals surface area contributed by atoms with Gasteiger partial charge in [-0.3, -0.25) is 19.8 Å². The molecule has 1 aliphatic heterocycles. The zero-order valence-corrected chi connectivity index (χ0v) is 10.6. The second-order valence-corrected chi connectivity index (χ2v) is 4.69. The molecule has 7 nitrogen and oxygen atoms in total. The number of hydrogen-bond donors (Lipinski definition) is 2. The van der Waals surface area contributed by atoms with Gasteiger partial charge in [0.15, 0.2) is 0 Å². The van der Waals surface area contributed by atoms with Crippen molar-refractivity contribution in [2.75, 3.05) is 20.1 Å². The van der Waals surface area contributed by atoms with Crippen molar-refractivity contribution in [2.45, 2.75) is 12.6 Å². The summed E-state index contributed by atoms with van der Waals surface area (Å²) in [6.45, 7) is 2.26. The summed E-state index contributed by atoms with van der Waals surface area (Å²) in [7, 11) is 1.93. The van der Waals surface area contributed by atoms with Gasteiger partial charge in [-0.05, 0) is 13.1 Å². The molecule has 0 aromatic heterocycles. The van der Waals surface area contributed by atoms with Gasteiger partial charge in [0.25, 0.3) is 5.69 Å². The quantitative estimate of drug-likeness (QED) is 0.580. The second kappa shape index (κ2) is 5.33. The van der Waals surface area contributed by atoms with Crippen LogP contribution in [-0.2, 0) is 6.54 Å². The number of nitro benzene ring substituents is 1. The molecule has 1 aromatic carbocycles. The highest BCUT2D eigenvalue weighted by atomic mass is 16.6. The average molecular weight is 264 g/mol. The first-order chi connectivity index (χ1) is 8.99. The Morgan fingerprint density at radius 1 is 1.58 bits per heavy atom. The molecule has 3 N–H and O–H groups in total. The highest BCUT2D eigenvalue weighted by molar-refractivity contribution is 5.93. The smallest absolute Gasteiger partial charge is 0.274 e. The van der Waals surface area contributed by atoms with Crippen LogP contribution >= 0.6 is 0 Å². The van der Waals surface area contributed by atoms with Gasteiger partial charge in [0, 0.05) is 42.9 Å². The highest BCUT2D eigenvalue weighted by Gasteiger charge is 2.24. The summed E-state index contributed by atoms with van der Waals surface area (Å²) < 4.78 is 0. The fourth-order valence-electron chi connectivity index (χ4n) is 2.00. The van der Waals surface area contributed by atoms with Crippen molar-refractivity contribution in [2.24, 2.45) is 5.73 Å². The van der Waals surface area contributed by atoms with E-state index >= 15 is 0 Å². The van der Waals surface area contributed by atoms with Crippen LogP contribution in [0.2, 0.25) is 0 Å². The summed E-state index contributed by atoms with van der Waals surface area (Å²) in [5.74, 6) is -0.661. The van der Waals surface area contributed by atoms with E-state index in [1.54, 1.807) is 6.07 Å². The van der Waals surface area contributed by atoms with Crippen LogP contribution in [0.1, 0.15) is 15.9 Å². The molecule has 2 rings (SSSR count). The van der Waals surface area contributed by atoms with E-state index in [0.29, 0.717) is 18.2 Å². The standard InChI is InChI=1S/C12H16N4O3/c1-15(10-5-14-6-10)7-9-3-2-8(12(13)17)4-11(9)16(18)19/h2-4,10,14H,5-7H2,1H3,(H2,13,17). The van der Waals surface area contributed by atoms with Crippen LogP contribution in [0.4, 0.5) is 5.69 Å². The Labute approximate surface area is 110 Å². The number of rotatable bonds is 5. The van der Waals surface area contributed by atoms with Crippen molar-refractivity contribution in [1.82, 2.24) is 10.2 Å². The van der Waals surface area contributed by atoms with Crippen molar-refractivity contribution in [3.8, 4) is 0 Å². The van der Waals surface area contributed by atoms with E-state index in [9.17, 15) is 14.9 Å². The largest absolute Gasteiger partial charge is 0.366 e. The minimum atomic E-state index is -0.661. The predicted molar refractivity (Wildman–Crippen MR) is 69.7 cm³/mol. The Balaban J connectivity index is 2.23. The lowest BCUT2D eigenvalue weighted by Crippen LogP contribution is -2.55. The summed E-state index contributed by atoms with van der Waals surface area (Å²) in [6.07, 6.45) is 0. The minimum Gasteiger partial charge on any atom is -0.366 e. The number of carbonyl (C=O) groups excluding carboxylic acids is 1. The zero-order valence-electron chi connectivity index (χ0n) is 10.6. The van der Waals surface area contributed by atoms with E-state index in [1.807, 2.05) is 7.05 Å². The fourth-order valence-corrected chi connectivity index (χ4v) is 2.00. The summed E-state index contributed by atoms with van der Waals surface area (Å²) in [4.78, 5) is 23.7. The molecule has 0 bridgehead atoms. The van der Waals surface area contributed by atoms with Gasteiger partial charge in [0.1, 0.15) is 0 Å². The Bertz CT molecular complexity index is 514. The van der Waals surface area contributed by atoms with E-state index in [-0.39, 0.29) is 11.3 Å². The second-order valence-electron chi connectivity index (χ2n) is 4.69. The average Bonchev–Trinajstić information content (AvgIpc) is 2.26. The monoisotopic (exact) mass is 264 g/mol. The number of primary amides is 1. The fraction of sp³-hybridized carbons (Fsp3) is 0.417. The molecule has 1 heterocycles.